The van der Waals surface area contributed by atoms with Gasteiger partial charge in [0.2, 0.25) is 0 Å². The molecule has 98 valence electrons. The molecule has 2 N–H and O–H groups in total. The third-order valence-electron chi connectivity index (χ3n) is 2.64. The van der Waals surface area contributed by atoms with Crippen molar-refractivity contribution in [3.05, 3.63) is 59.7 Å². The Bertz CT molecular complexity index is 561. The second-order valence-electron chi connectivity index (χ2n) is 4.13. The number of para-hydroxylation sites is 1. The zero-order valence-corrected chi connectivity index (χ0v) is 10.2. The Kier molecular flexibility index (Phi) is 4.03. The minimum absolute atomic E-state index is 0.0637. The molecule has 2 aromatic carbocycles. The summed E-state index contributed by atoms with van der Waals surface area (Å²) >= 11 is 0. The fourth-order valence-corrected chi connectivity index (χ4v) is 1.71. The molecule has 19 heavy (non-hydrogen) atoms. The van der Waals surface area contributed by atoms with Crippen molar-refractivity contribution in [3.63, 3.8) is 0 Å². The number of aromatic hydroxyl groups is 1. The van der Waals surface area contributed by atoms with Gasteiger partial charge in [-0.05, 0) is 23.8 Å². The van der Waals surface area contributed by atoms with E-state index >= 15 is 0 Å². The summed E-state index contributed by atoms with van der Waals surface area (Å²) in [6, 6.07) is 13.8. The van der Waals surface area contributed by atoms with E-state index in [0.717, 1.165) is 5.56 Å². The maximum atomic E-state index is 10.7. The molecule has 0 atom stereocenters. The van der Waals surface area contributed by atoms with Gasteiger partial charge in [0.15, 0.2) is 0 Å². The second kappa shape index (κ2) is 5.91. The summed E-state index contributed by atoms with van der Waals surface area (Å²) in [6.07, 6.45) is -0.0637. The molecule has 2 rings (SSSR count). The van der Waals surface area contributed by atoms with E-state index in [-0.39, 0.29) is 12.2 Å². The molecule has 0 aliphatic heterocycles. The summed E-state index contributed by atoms with van der Waals surface area (Å²) in [6.45, 7) is 0.330. The number of phenols is 1. The highest BCUT2D eigenvalue weighted by atomic mass is 16.5. The number of rotatable bonds is 5. The molecule has 0 fully saturated rings. The highest BCUT2D eigenvalue weighted by Gasteiger charge is 2.07. The number of ether oxygens (including phenoxy) is 1. The summed E-state index contributed by atoms with van der Waals surface area (Å²) in [4.78, 5) is 10.7. The lowest BCUT2D eigenvalue weighted by Gasteiger charge is -2.10. The van der Waals surface area contributed by atoms with Gasteiger partial charge in [0.1, 0.15) is 18.1 Å². The minimum atomic E-state index is -0.888. The van der Waals surface area contributed by atoms with E-state index in [0.29, 0.717) is 17.9 Å². The van der Waals surface area contributed by atoms with Crippen molar-refractivity contribution in [1.29, 1.82) is 0 Å². The van der Waals surface area contributed by atoms with Crippen LogP contribution in [0, 0.1) is 0 Å². The van der Waals surface area contributed by atoms with Gasteiger partial charge in [-0.2, -0.15) is 0 Å². The van der Waals surface area contributed by atoms with Crippen molar-refractivity contribution in [2.75, 3.05) is 0 Å². The average molecular weight is 258 g/mol. The number of carboxylic acid groups (broad SMARTS) is 1. The van der Waals surface area contributed by atoms with Gasteiger partial charge < -0.3 is 14.9 Å². The van der Waals surface area contributed by atoms with E-state index in [1.54, 1.807) is 48.5 Å². The number of phenolic OH excluding ortho intramolecular Hbond substituents is 1. The first-order valence-corrected chi connectivity index (χ1v) is 5.85. The Labute approximate surface area is 110 Å². The molecule has 0 aliphatic rings. The number of hydrogen-bond donors (Lipinski definition) is 2. The fourth-order valence-electron chi connectivity index (χ4n) is 1.71. The number of carbonyl (C=O) groups is 1. The van der Waals surface area contributed by atoms with Crippen LogP contribution in [0.25, 0.3) is 0 Å². The number of benzene rings is 2. The average Bonchev–Trinajstić information content (AvgIpc) is 2.39. The molecule has 0 unspecified atom stereocenters. The van der Waals surface area contributed by atoms with Gasteiger partial charge in [-0.3, -0.25) is 4.79 Å². The molecular formula is C15H14O4. The predicted molar refractivity (Wildman–Crippen MR) is 70.2 cm³/mol. The van der Waals surface area contributed by atoms with Gasteiger partial charge in [0, 0.05) is 5.56 Å². The Balaban J connectivity index is 2.06. The van der Waals surface area contributed by atoms with Crippen LogP contribution in [0.1, 0.15) is 11.1 Å². The van der Waals surface area contributed by atoms with Crippen LogP contribution in [0.15, 0.2) is 48.5 Å². The molecule has 0 saturated heterocycles. The predicted octanol–water partition coefficient (Wildman–Crippen LogP) is 2.60. The SMILES string of the molecule is O=C(O)Cc1ccccc1OCc1ccc(O)cc1. The lowest BCUT2D eigenvalue weighted by molar-refractivity contribution is -0.136. The van der Waals surface area contributed by atoms with Crippen LogP contribution >= 0.6 is 0 Å². The van der Waals surface area contributed by atoms with Crippen molar-refractivity contribution in [1.82, 2.24) is 0 Å². The first-order chi connectivity index (χ1) is 9.15. The van der Waals surface area contributed by atoms with E-state index < -0.39 is 5.97 Å². The highest BCUT2D eigenvalue weighted by molar-refractivity contribution is 5.71. The van der Waals surface area contributed by atoms with Crippen molar-refractivity contribution in [3.8, 4) is 11.5 Å². The van der Waals surface area contributed by atoms with Crippen molar-refractivity contribution < 1.29 is 19.7 Å². The van der Waals surface area contributed by atoms with Gasteiger partial charge in [-0.15, -0.1) is 0 Å². The van der Waals surface area contributed by atoms with Crippen LogP contribution in [-0.4, -0.2) is 16.2 Å². The number of aliphatic carboxylic acids is 1. The molecule has 0 saturated carbocycles. The van der Waals surface area contributed by atoms with E-state index in [1.807, 2.05) is 0 Å². The maximum Gasteiger partial charge on any atom is 0.307 e. The maximum absolute atomic E-state index is 10.7. The quantitative estimate of drug-likeness (QED) is 0.865. The summed E-state index contributed by atoms with van der Waals surface area (Å²) in [5, 5.41) is 18.0. The van der Waals surface area contributed by atoms with Gasteiger partial charge in [-0.1, -0.05) is 30.3 Å². The van der Waals surface area contributed by atoms with Crippen LogP contribution in [0.3, 0.4) is 0 Å². The zero-order valence-electron chi connectivity index (χ0n) is 10.2. The molecule has 4 heteroatoms. The first kappa shape index (κ1) is 13.0. The number of carboxylic acids is 1. The summed E-state index contributed by atoms with van der Waals surface area (Å²) < 4.78 is 5.62. The van der Waals surface area contributed by atoms with Gasteiger partial charge in [-0.25, -0.2) is 0 Å². The molecule has 0 spiro atoms. The topological polar surface area (TPSA) is 66.8 Å². The molecule has 0 heterocycles. The molecule has 4 nitrogen and oxygen atoms in total. The van der Waals surface area contributed by atoms with Crippen LogP contribution in [0.4, 0.5) is 0 Å². The fraction of sp³-hybridized carbons (Fsp3) is 0.133. The summed E-state index contributed by atoms with van der Waals surface area (Å²) in [7, 11) is 0. The monoisotopic (exact) mass is 258 g/mol. The molecule has 0 aromatic heterocycles. The third-order valence-corrected chi connectivity index (χ3v) is 2.64. The molecule has 2 aromatic rings. The Morgan fingerprint density at radius 2 is 1.74 bits per heavy atom. The van der Waals surface area contributed by atoms with Gasteiger partial charge in [0.25, 0.3) is 0 Å². The largest absolute Gasteiger partial charge is 0.508 e. The van der Waals surface area contributed by atoms with E-state index in [2.05, 4.69) is 0 Å². The number of hydrogen-bond acceptors (Lipinski definition) is 3. The molecule has 0 bridgehead atoms. The van der Waals surface area contributed by atoms with Crippen molar-refractivity contribution in [2.24, 2.45) is 0 Å². The molecule has 0 amide bonds. The molecule has 0 aliphatic carbocycles. The standard InChI is InChI=1S/C15H14O4/c16-13-7-5-11(6-8-13)10-19-14-4-2-1-3-12(14)9-15(17)18/h1-8,16H,9-10H2,(H,17,18). The minimum Gasteiger partial charge on any atom is -0.508 e. The summed E-state index contributed by atoms with van der Waals surface area (Å²) in [5.74, 6) is -0.117. The lowest BCUT2D eigenvalue weighted by atomic mass is 10.1. The summed E-state index contributed by atoms with van der Waals surface area (Å²) in [5.41, 5.74) is 1.55. The van der Waals surface area contributed by atoms with Crippen LogP contribution < -0.4 is 4.74 Å². The van der Waals surface area contributed by atoms with E-state index in [1.165, 1.54) is 0 Å². The van der Waals surface area contributed by atoms with Crippen molar-refractivity contribution >= 4 is 5.97 Å². The van der Waals surface area contributed by atoms with E-state index in [4.69, 9.17) is 9.84 Å². The van der Waals surface area contributed by atoms with Crippen LogP contribution in [0.2, 0.25) is 0 Å². The normalized spacial score (nSPS) is 10.1. The van der Waals surface area contributed by atoms with Gasteiger partial charge in [0.05, 0.1) is 6.42 Å². The highest BCUT2D eigenvalue weighted by Crippen LogP contribution is 2.20. The van der Waals surface area contributed by atoms with Gasteiger partial charge >= 0.3 is 5.97 Å². The lowest BCUT2D eigenvalue weighted by Crippen LogP contribution is -2.04. The van der Waals surface area contributed by atoms with E-state index in [9.17, 15) is 9.90 Å². The Morgan fingerprint density at radius 3 is 2.42 bits per heavy atom. The van der Waals surface area contributed by atoms with Crippen molar-refractivity contribution in [2.45, 2.75) is 13.0 Å². The second-order valence-corrected chi connectivity index (χ2v) is 4.13. The van der Waals surface area contributed by atoms with Crippen LogP contribution in [-0.2, 0) is 17.8 Å². The molecule has 0 radical (unpaired) electrons. The smallest absolute Gasteiger partial charge is 0.307 e. The Morgan fingerprint density at radius 1 is 1.05 bits per heavy atom. The molecular weight excluding hydrogens is 244 g/mol. The third kappa shape index (κ3) is 3.74. The zero-order chi connectivity index (χ0) is 13.7. The Hall–Kier alpha value is -2.49. The first-order valence-electron chi connectivity index (χ1n) is 5.85. The van der Waals surface area contributed by atoms with Crippen LogP contribution in [0.5, 0.6) is 11.5 Å².